The van der Waals surface area contributed by atoms with Gasteiger partial charge in [-0.25, -0.2) is 0 Å². The second-order valence-electron chi connectivity index (χ2n) is 2.11. The van der Waals surface area contributed by atoms with Crippen molar-refractivity contribution >= 4 is 16.2 Å². The highest BCUT2D eigenvalue weighted by molar-refractivity contribution is 6.31. The topological polar surface area (TPSA) is 26.3 Å². The fraction of sp³-hybridized carbons (Fsp3) is 0.833. The van der Waals surface area contributed by atoms with Gasteiger partial charge in [0.25, 0.3) is 6.47 Å². The predicted octanol–water partition coefficient (Wildman–Crippen LogP) is 0.852. The van der Waals surface area contributed by atoms with E-state index in [1.807, 2.05) is 0 Å². The van der Waals surface area contributed by atoms with Gasteiger partial charge in [-0.15, -0.1) is 0 Å². The smallest absolute Gasteiger partial charge is 0.279 e. The maximum Gasteiger partial charge on any atom is 0.279 e. The van der Waals surface area contributed by atoms with Crippen molar-refractivity contribution in [3.63, 3.8) is 0 Å². The summed E-state index contributed by atoms with van der Waals surface area (Å²) in [4.78, 5) is 9.75. The number of carbonyl (C=O) groups excluding carboxylic acids is 1. The van der Waals surface area contributed by atoms with E-state index in [0.717, 1.165) is 12.8 Å². The Morgan fingerprint density at radius 3 is 2.44 bits per heavy atom. The molecule has 54 valence electrons. The van der Waals surface area contributed by atoms with Crippen LogP contribution in [0.15, 0.2) is 0 Å². The molecule has 0 aliphatic carbocycles. The molecule has 9 heavy (non-hydrogen) atoms. The van der Waals surface area contributed by atoms with E-state index in [1.54, 1.807) is 0 Å². The summed E-state index contributed by atoms with van der Waals surface area (Å²) in [5.41, 5.74) is 0.690. The molecule has 3 heteroatoms. The molecular formula is C6H14O2Si. The third-order valence-electron chi connectivity index (χ3n) is 1.55. The molecule has 0 aliphatic rings. The van der Waals surface area contributed by atoms with Gasteiger partial charge in [0, 0.05) is 0 Å². The Morgan fingerprint density at radius 2 is 2.11 bits per heavy atom. The third-order valence-corrected chi connectivity index (χ3v) is 3.51. The molecule has 0 N–H and O–H groups in total. The fourth-order valence-corrected chi connectivity index (χ4v) is 1.52. The van der Waals surface area contributed by atoms with Crippen LogP contribution in [0.2, 0.25) is 5.54 Å². The molecule has 0 unspecified atom stereocenters. The van der Waals surface area contributed by atoms with E-state index < -0.39 is 9.76 Å². The lowest BCUT2D eigenvalue weighted by atomic mass is 10.3. The molecule has 0 heterocycles. The van der Waals surface area contributed by atoms with Crippen molar-refractivity contribution in [1.82, 2.24) is 0 Å². The highest BCUT2D eigenvalue weighted by Crippen LogP contribution is 2.11. The van der Waals surface area contributed by atoms with Gasteiger partial charge in [0.1, 0.15) is 0 Å². The van der Waals surface area contributed by atoms with E-state index in [4.69, 9.17) is 4.43 Å². The van der Waals surface area contributed by atoms with Crippen molar-refractivity contribution in [3.8, 4) is 0 Å². The van der Waals surface area contributed by atoms with E-state index in [-0.39, 0.29) is 0 Å². The van der Waals surface area contributed by atoms with Crippen molar-refractivity contribution < 1.29 is 9.22 Å². The van der Waals surface area contributed by atoms with E-state index in [1.165, 1.54) is 0 Å². The summed E-state index contributed by atoms with van der Waals surface area (Å²) in [6, 6.07) is 0. The summed E-state index contributed by atoms with van der Waals surface area (Å²) in [7, 11) is -0.543. The number of hydrogen-bond acceptors (Lipinski definition) is 2. The number of rotatable bonds is 5. The number of hydrogen-bond donors (Lipinski definition) is 0. The van der Waals surface area contributed by atoms with Crippen LogP contribution in [0, 0.1) is 0 Å². The van der Waals surface area contributed by atoms with Crippen LogP contribution in [0.1, 0.15) is 26.7 Å². The highest BCUT2D eigenvalue weighted by Gasteiger charge is 2.03. The zero-order valence-corrected chi connectivity index (χ0v) is 7.51. The Bertz CT molecular complexity index is 71.5. The zero-order valence-electron chi connectivity index (χ0n) is 6.09. The average molecular weight is 146 g/mol. The van der Waals surface area contributed by atoms with Gasteiger partial charge in [-0.3, -0.25) is 4.79 Å². The Balaban J connectivity index is 3.19. The van der Waals surface area contributed by atoms with Crippen LogP contribution < -0.4 is 0 Å². The van der Waals surface area contributed by atoms with Crippen molar-refractivity contribution in [2.24, 2.45) is 0 Å². The van der Waals surface area contributed by atoms with Crippen LogP contribution in [0.3, 0.4) is 0 Å². The van der Waals surface area contributed by atoms with Crippen LogP contribution in [-0.4, -0.2) is 16.2 Å². The molecule has 0 aromatic heterocycles. The first-order chi connectivity index (χ1) is 4.35. The van der Waals surface area contributed by atoms with Crippen molar-refractivity contribution in [3.05, 3.63) is 0 Å². The maximum atomic E-state index is 9.75. The Kier molecular flexibility index (Phi) is 5.61. The minimum absolute atomic E-state index is 0.543. The Morgan fingerprint density at radius 1 is 1.56 bits per heavy atom. The van der Waals surface area contributed by atoms with E-state index in [0.29, 0.717) is 12.0 Å². The van der Waals surface area contributed by atoms with Crippen LogP contribution in [0.4, 0.5) is 0 Å². The highest BCUT2D eigenvalue weighted by atomic mass is 28.2. The summed E-state index contributed by atoms with van der Waals surface area (Å²) >= 11 is 0. The van der Waals surface area contributed by atoms with E-state index in [9.17, 15) is 4.79 Å². The van der Waals surface area contributed by atoms with Gasteiger partial charge in [-0.1, -0.05) is 26.7 Å². The fourth-order valence-electron chi connectivity index (χ4n) is 0.700. The standard InChI is InChI=1S/C6H14O2Si/c1-3-6(4-2)9-8-5-7/h5-6H,3-4,9H2,1-2H3. The molecular weight excluding hydrogens is 132 g/mol. The summed E-state index contributed by atoms with van der Waals surface area (Å²) in [5.74, 6) is 0. The monoisotopic (exact) mass is 146 g/mol. The molecule has 0 aromatic rings. The molecule has 0 radical (unpaired) electrons. The van der Waals surface area contributed by atoms with Crippen molar-refractivity contribution in [2.75, 3.05) is 0 Å². The SMILES string of the molecule is CCC(CC)[SiH2]OC=O. The summed E-state index contributed by atoms with van der Waals surface area (Å²) in [6.45, 7) is 4.84. The lowest BCUT2D eigenvalue weighted by molar-refractivity contribution is -0.120. The minimum Gasteiger partial charge on any atom is -0.527 e. The molecule has 0 fully saturated rings. The van der Waals surface area contributed by atoms with Gasteiger partial charge < -0.3 is 4.43 Å². The molecule has 0 spiro atoms. The van der Waals surface area contributed by atoms with Gasteiger partial charge in [0.05, 0.1) is 0 Å². The largest absolute Gasteiger partial charge is 0.527 e. The molecule has 0 saturated carbocycles. The molecule has 2 nitrogen and oxygen atoms in total. The molecule has 0 bridgehead atoms. The normalized spacial score (nSPS) is 11.0. The second-order valence-corrected chi connectivity index (χ2v) is 3.93. The Hall–Kier alpha value is -0.313. The molecule has 0 saturated heterocycles. The first-order valence-corrected chi connectivity index (χ1v) is 4.79. The van der Waals surface area contributed by atoms with Gasteiger partial charge in [-0.05, 0) is 5.54 Å². The number of carbonyl (C=O) groups is 1. The van der Waals surface area contributed by atoms with Gasteiger partial charge >= 0.3 is 0 Å². The van der Waals surface area contributed by atoms with Gasteiger partial charge in [0.2, 0.25) is 9.76 Å². The molecule has 0 amide bonds. The first-order valence-electron chi connectivity index (χ1n) is 3.40. The summed E-state index contributed by atoms with van der Waals surface area (Å²) < 4.78 is 4.74. The first kappa shape index (κ1) is 8.69. The lowest BCUT2D eigenvalue weighted by Gasteiger charge is -2.07. The molecule has 0 aromatic carbocycles. The quantitative estimate of drug-likeness (QED) is 0.424. The molecule has 0 rings (SSSR count). The maximum absolute atomic E-state index is 9.75. The van der Waals surface area contributed by atoms with Gasteiger partial charge in [-0.2, -0.15) is 0 Å². The van der Waals surface area contributed by atoms with Gasteiger partial charge in [0.15, 0.2) is 0 Å². The summed E-state index contributed by atoms with van der Waals surface area (Å²) in [6.07, 6.45) is 2.30. The van der Waals surface area contributed by atoms with Crippen LogP contribution in [-0.2, 0) is 9.22 Å². The summed E-state index contributed by atoms with van der Waals surface area (Å²) in [5, 5.41) is 0. The second kappa shape index (κ2) is 5.82. The average Bonchev–Trinajstić information content (AvgIpc) is 1.91. The molecule has 0 atom stereocenters. The lowest BCUT2D eigenvalue weighted by Crippen LogP contribution is -2.04. The minimum atomic E-state index is -0.543. The molecule has 0 aliphatic heterocycles. The third kappa shape index (κ3) is 4.21. The van der Waals surface area contributed by atoms with Crippen molar-refractivity contribution in [2.45, 2.75) is 32.2 Å². The Labute approximate surface area is 58.5 Å². The van der Waals surface area contributed by atoms with Crippen LogP contribution in [0.5, 0.6) is 0 Å². The van der Waals surface area contributed by atoms with E-state index in [2.05, 4.69) is 13.8 Å². The van der Waals surface area contributed by atoms with Crippen molar-refractivity contribution in [1.29, 1.82) is 0 Å². The van der Waals surface area contributed by atoms with E-state index >= 15 is 0 Å². The van der Waals surface area contributed by atoms with Crippen LogP contribution >= 0.6 is 0 Å². The zero-order chi connectivity index (χ0) is 7.11. The predicted molar refractivity (Wildman–Crippen MR) is 40.0 cm³/mol. The van der Waals surface area contributed by atoms with Crippen LogP contribution in [0.25, 0.3) is 0 Å².